The quantitative estimate of drug-likeness (QED) is 0.428. The molecule has 0 fully saturated rings. The largest absolute Gasteiger partial charge is 2.00 e. The first-order valence-electron chi connectivity index (χ1n) is 1.70. The zero-order valence-corrected chi connectivity index (χ0v) is 9.63. The minimum Gasteiger partial charge on any atom is -0.736 e. The Bertz CT molecular complexity index is 155. The molecule has 0 aliphatic carbocycles. The van der Waals surface area contributed by atoms with Crippen LogP contribution in [0.2, 0.25) is 0 Å². The third kappa shape index (κ3) is 3.11. The van der Waals surface area contributed by atoms with E-state index < -0.39 is 0 Å². The van der Waals surface area contributed by atoms with Crippen LogP contribution < -0.4 is 0 Å². The number of hydrogen-bond acceptors (Lipinski definition) is 6. The van der Waals surface area contributed by atoms with Crippen LogP contribution in [0.15, 0.2) is 10.3 Å². The Kier molecular flexibility index (Phi) is 4.31. The van der Waals surface area contributed by atoms with E-state index in [2.05, 4.69) is 45.7 Å². The van der Waals surface area contributed by atoms with Gasteiger partial charge in [-0.05, 0) is 0 Å². The molecule has 4 nitrogen and oxygen atoms in total. The van der Waals surface area contributed by atoms with Crippen molar-refractivity contribution >= 4 is 52.6 Å². The smallest absolute Gasteiger partial charge is 0.736 e. The second-order valence-electron chi connectivity index (χ2n) is 0.965. The summed E-state index contributed by atoms with van der Waals surface area (Å²) in [4.78, 5) is 0. The summed E-state index contributed by atoms with van der Waals surface area (Å²) < 4.78 is 0. The molecule has 7 heteroatoms. The van der Waals surface area contributed by atoms with Crippen LogP contribution in [0.3, 0.4) is 0 Å². The van der Waals surface area contributed by atoms with Crippen molar-refractivity contribution in [1.29, 1.82) is 0 Å². The van der Waals surface area contributed by atoms with E-state index in [4.69, 9.17) is 0 Å². The van der Waals surface area contributed by atoms with Crippen LogP contribution >= 0.6 is 0 Å². The fraction of sp³-hybridized carbons (Fsp3) is 0. The first-order valence-corrected chi connectivity index (χ1v) is 2.52. The fourth-order valence-electron chi connectivity index (χ4n) is 0.211. The Morgan fingerprint density at radius 3 is 1.22 bits per heavy atom. The molecule has 2 radical (unpaired) electrons. The average molecular weight is 351 g/mol. The molecule has 1 aromatic heterocycles. The monoisotopic (exact) mass is 352 g/mol. The van der Waals surface area contributed by atoms with E-state index in [0.29, 0.717) is 0 Å². The van der Waals surface area contributed by atoms with Gasteiger partial charge in [-0.15, -0.1) is 0 Å². The predicted molar refractivity (Wildman–Crippen MR) is 34.6 cm³/mol. The molecule has 0 unspecified atom stereocenters. The van der Waals surface area contributed by atoms with Crippen LogP contribution in [0.1, 0.15) is 0 Å². The zero-order chi connectivity index (χ0) is 5.98. The molecule has 0 saturated carbocycles. The summed E-state index contributed by atoms with van der Waals surface area (Å²) in [5, 5.41) is 13.7. The molecule has 1 aromatic rings. The minimum atomic E-state index is 0. The first-order chi connectivity index (χ1) is 3.79. The normalized spacial score (nSPS) is 8.00. The van der Waals surface area contributed by atoms with Crippen molar-refractivity contribution in [3.8, 4) is 0 Å². The van der Waals surface area contributed by atoms with Gasteiger partial charge in [0.2, 0.25) is 0 Å². The van der Waals surface area contributed by atoms with Gasteiger partial charge < -0.3 is 25.3 Å². The van der Waals surface area contributed by atoms with Gasteiger partial charge >= 0.3 is 27.3 Å². The van der Waals surface area contributed by atoms with E-state index in [9.17, 15) is 0 Å². The van der Waals surface area contributed by atoms with Gasteiger partial charge in [0.1, 0.15) is 0 Å². The van der Waals surface area contributed by atoms with Crippen LogP contribution in [-0.2, 0) is 25.3 Å². The van der Waals surface area contributed by atoms with Crippen molar-refractivity contribution in [3.05, 3.63) is 0 Å². The molecule has 44 valence electrons. The minimum absolute atomic E-state index is 0. The second kappa shape index (κ2) is 4.17. The molecule has 0 aromatic carbocycles. The number of hydrogen-bond donors (Lipinski definition) is 0. The van der Waals surface area contributed by atoms with Crippen molar-refractivity contribution in [1.82, 2.24) is 20.4 Å². The van der Waals surface area contributed by atoms with E-state index in [0.717, 1.165) is 0 Å². The Morgan fingerprint density at radius 2 is 1.00 bits per heavy atom. The van der Waals surface area contributed by atoms with E-state index in [-0.39, 0.29) is 37.6 Å². The molecule has 0 aliphatic rings. The number of nitrogens with zero attached hydrogens (tertiary/aromatic N) is 4. The van der Waals surface area contributed by atoms with E-state index >= 15 is 0 Å². The maximum absolute atomic E-state index is 4.48. The van der Waals surface area contributed by atoms with Gasteiger partial charge in [0.05, 0.1) is 10.3 Å². The van der Waals surface area contributed by atoms with Crippen molar-refractivity contribution in [3.63, 3.8) is 0 Å². The van der Waals surface area contributed by atoms with Gasteiger partial charge in [-0.1, -0.05) is 0 Å². The average Bonchev–Trinajstić information content (AvgIpc) is 1.77. The molecule has 0 atom stereocenters. The van der Waals surface area contributed by atoms with Gasteiger partial charge in [0, 0.05) is 0 Å². The number of aromatic nitrogens is 4. The third-order valence-corrected chi connectivity index (χ3v) is 0.769. The Hall–Kier alpha value is 0.302. The Labute approximate surface area is 82.8 Å². The topological polar surface area (TPSA) is 51.6 Å². The molecule has 0 saturated heterocycles. The Morgan fingerprint density at radius 1 is 0.778 bits per heavy atom. The van der Waals surface area contributed by atoms with Crippen LogP contribution in [0.5, 0.6) is 0 Å². The number of rotatable bonds is 0. The molecule has 0 N–H and O–H groups in total. The van der Waals surface area contributed by atoms with Gasteiger partial charge in [-0.3, -0.25) is 0 Å². The predicted octanol–water partition coefficient (Wildman–Crippen LogP) is -1.30. The first kappa shape index (κ1) is 9.30. The maximum atomic E-state index is 4.48. The van der Waals surface area contributed by atoms with E-state index in [1.54, 1.807) is 0 Å². The van der Waals surface area contributed by atoms with E-state index in [1.165, 1.54) is 0 Å². The molecular weight excluding hydrogens is 351 g/mol. The molecule has 0 amide bonds. The van der Waals surface area contributed by atoms with Gasteiger partial charge in [-0.25, -0.2) is 0 Å². The van der Waals surface area contributed by atoms with Crippen molar-refractivity contribution in [2.75, 3.05) is 0 Å². The van der Waals surface area contributed by atoms with Crippen molar-refractivity contribution in [2.24, 2.45) is 0 Å². The standard InChI is InChI=1S/C2H2N4S2.Pb/c7-1-3-5-2(8)6-4-1;/h(H,3,4,7)(H,5,6,8);/q;+2/p-2. The molecule has 1 heterocycles. The zero-order valence-electron chi connectivity index (χ0n) is 4.11. The van der Waals surface area contributed by atoms with Crippen molar-refractivity contribution in [2.45, 2.75) is 10.3 Å². The molecule has 0 spiro atoms. The Balaban J connectivity index is 0.000000640. The third-order valence-electron chi connectivity index (χ3n) is 0.442. The summed E-state index contributed by atoms with van der Waals surface area (Å²) in [6.07, 6.45) is 0. The molecular formula is C2N4PbS2. The summed E-state index contributed by atoms with van der Waals surface area (Å²) in [5.41, 5.74) is 0. The van der Waals surface area contributed by atoms with E-state index in [1.807, 2.05) is 0 Å². The maximum Gasteiger partial charge on any atom is 2.00 e. The van der Waals surface area contributed by atoms with Crippen LogP contribution in [-0.4, -0.2) is 47.7 Å². The fourth-order valence-corrected chi connectivity index (χ4v) is 0.374. The van der Waals surface area contributed by atoms with Gasteiger partial charge in [-0.2, -0.15) is 20.4 Å². The summed E-state index contributed by atoms with van der Waals surface area (Å²) in [7, 11) is 0. The van der Waals surface area contributed by atoms with Crippen LogP contribution in [0.4, 0.5) is 0 Å². The van der Waals surface area contributed by atoms with Gasteiger partial charge in [0.15, 0.2) is 0 Å². The second-order valence-corrected chi connectivity index (χ2v) is 1.70. The summed E-state index contributed by atoms with van der Waals surface area (Å²) >= 11 is 8.96. The summed E-state index contributed by atoms with van der Waals surface area (Å²) in [6, 6.07) is 0. The molecule has 0 bridgehead atoms. The van der Waals surface area contributed by atoms with Gasteiger partial charge in [0.25, 0.3) is 0 Å². The SMILES string of the molecule is [Pb+2].[S-]c1nnc([S-])nn1. The van der Waals surface area contributed by atoms with Crippen LogP contribution in [0.25, 0.3) is 0 Å². The van der Waals surface area contributed by atoms with Crippen molar-refractivity contribution < 1.29 is 0 Å². The molecule has 1 rings (SSSR count). The summed E-state index contributed by atoms with van der Waals surface area (Å²) in [6.45, 7) is 0. The molecule has 0 aliphatic heterocycles. The summed E-state index contributed by atoms with van der Waals surface area (Å²) in [5.74, 6) is 0. The van der Waals surface area contributed by atoms with Crippen LogP contribution in [0, 0.1) is 0 Å². The molecule has 9 heavy (non-hydrogen) atoms.